The Balaban J connectivity index is 3.16. The molecule has 0 aliphatic carbocycles. The molecule has 13 heavy (non-hydrogen) atoms. The Labute approximate surface area is 82.9 Å². The zero-order chi connectivity index (χ0) is 9.94. The summed E-state index contributed by atoms with van der Waals surface area (Å²) in [4.78, 5) is 11.0. The largest absolute Gasteiger partial charge is 0.354 e. The van der Waals surface area contributed by atoms with Gasteiger partial charge in [0.25, 0.3) is 0 Å². The van der Waals surface area contributed by atoms with E-state index in [-0.39, 0.29) is 5.91 Å². The van der Waals surface area contributed by atoms with Crippen molar-refractivity contribution in [1.29, 1.82) is 5.26 Å². The van der Waals surface area contributed by atoms with Gasteiger partial charge in [0.15, 0.2) is 0 Å². The lowest BCUT2D eigenvalue weighted by Crippen LogP contribution is -2.26. The lowest BCUT2D eigenvalue weighted by atomic mass is 10.4. The summed E-state index contributed by atoms with van der Waals surface area (Å²) in [5, 5.41) is 10.9. The van der Waals surface area contributed by atoms with E-state index in [0.29, 0.717) is 25.3 Å². The minimum Gasteiger partial charge on any atom is -0.354 e. The van der Waals surface area contributed by atoms with Crippen LogP contribution in [-0.4, -0.2) is 30.5 Å². The van der Waals surface area contributed by atoms with E-state index >= 15 is 0 Å². The van der Waals surface area contributed by atoms with E-state index in [0.717, 1.165) is 12.2 Å². The van der Waals surface area contributed by atoms with Crippen molar-refractivity contribution < 1.29 is 4.79 Å². The van der Waals surface area contributed by atoms with Crippen molar-refractivity contribution in [1.82, 2.24) is 5.32 Å². The van der Waals surface area contributed by atoms with Gasteiger partial charge in [-0.3, -0.25) is 4.79 Å². The maximum atomic E-state index is 11.0. The Hall–Kier alpha value is -0.730. The van der Waals surface area contributed by atoms with Crippen molar-refractivity contribution in [3.05, 3.63) is 0 Å². The number of nitriles is 1. The van der Waals surface area contributed by atoms with Crippen LogP contribution in [0.5, 0.6) is 0 Å². The summed E-state index contributed by atoms with van der Waals surface area (Å²) in [6.07, 6.45) is 1.31. The van der Waals surface area contributed by atoms with Gasteiger partial charge in [0.05, 0.1) is 18.2 Å². The number of amides is 1. The number of nitrogens with two attached hydrogens (primary N) is 1. The molecule has 3 N–H and O–H groups in total. The average molecular weight is 201 g/mol. The minimum atomic E-state index is -0.00253. The molecule has 0 saturated carbocycles. The molecule has 1 amide bonds. The quantitative estimate of drug-likeness (QED) is 0.572. The monoisotopic (exact) mass is 201 g/mol. The second kappa shape index (κ2) is 9.36. The Kier molecular flexibility index (Phi) is 8.83. The van der Waals surface area contributed by atoms with Crippen LogP contribution < -0.4 is 11.1 Å². The van der Waals surface area contributed by atoms with Crippen LogP contribution >= 0.6 is 11.8 Å². The topological polar surface area (TPSA) is 78.9 Å². The molecule has 5 heteroatoms. The summed E-state index contributed by atoms with van der Waals surface area (Å²) in [5.74, 6) is 1.38. The molecular weight excluding hydrogens is 186 g/mol. The van der Waals surface area contributed by atoms with Crippen LogP contribution in [0.25, 0.3) is 0 Å². The fourth-order valence-electron chi connectivity index (χ4n) is 0.659. The molecule has 0 aliphatic rings. The first-order valence-corrected chi connectivity index (χ1v) is 5.38. The van der Waals surface area contributed by atoms with E-state index in [1.54, 1.807) is 11.8 Å². The van der Waals surface area contributed by atoms with Gasteiger partial charge in [-0.05, 0) is 18.7 Å². The molecule has 74 valence electrons. The van der Waals surface area contributed by atoms with Gasteiger partial charge >= 0.3 is 0 Å². The second-order valence-electron chi connectivity index (χ2n) is 2.45. The van der Waals surface area contributed by atoms with Crippen molar-refractivity contribution in [2.45, 2.75) is 12.8 Å². The molecule has 0 unspecified atom stereocenters. The number of carbonyl (C=O) groups is 1. The Morgan fingerprint density at radius 1 is 1.62 bits per heavy atom. The average Bonchev–Trinajstić information content (AvgIpc) is 2.13. The highest BCUT2D eigenvalue weighted by Crippen LogP contribution is 2.00. The van der Waals surface area contributed by atoms with E-state index in [1.807, 2.05) is 6.07 Å². The Morgan fingerprint density at radius 2 is 2.38 bits per heavy atom. The third kappa shape index (κ3) is 9.18. The van der Waals surface area contributed by atoms with Crippen LogP contribution in [-0.2, 0) is 4.79 Å². The van der Waals surface area contributed by atoms with Gasteiger partial charge in [-0.15, -0.1) is 0 Å². The van der Waals surface area contributed by atoms with E-state index in [4.69, 9.17) is 11.0 Å². The molecule has 0 saturated heterocycles. The molecular formula is C8H15N3OS. The number of nitrogens with zero attached hydrogens (tertiary/aromatic N) is 1. The molecule has 0 spiro atoms. The third-order valence-electron chi connectivity index (χ3n) is 1.28. The second-order valence-corrected chi connectivity index (χ2v) is 3.56. The summed E-state index contributed by atoms with van der Waals surface area (Å²) in [6, 6.07) is 1.96. The van der Waals surface area contributed by atoms with Gasteiger partial charge in [-0.25, -0.2) is 0 Å². The van der Waals surface area contributed by atoms with Gasteiger partial charge in [0.2, 0.25) is 5.91 Å². The Morgan fingerprint density at radius 3 is 3.00 bits per heavy atom. The van der Waals surface area contributed by atoms with Gasteiger partial charge < -0.3 is 11.1 Å². The molecule has 0 heterocycles. The van der Waals surface area contributed by atoms with Crippen LogP contribution in [0.2, 0.25) is 0 Å². The fraction of sp³-hybridized carbons (Fsp3) is 0.750. The SMILES string of the molecule is N#CCCNC(=O)CSCCCN. The van der Waals surface area contributed by atoms with Crippen molar-refractivity contribution in [3.8, 4) is 6.07 Å². The van der Waals surface area contributed by atoms with Gasteiger partial charge in [0.1, 0.15) is 0 Å². The molecule has 4 nitrogen and oxygen atoms in total. The summed E-state index contributed by atoms with van der Waals surface area (Å²) in [6.45, 7) is 1.12. The number of rotatable bonds is 7. The van der Waals surface area contributed by atoms with Crippen molar-refractivity contribution >= 4 is 17.7 Å². The van der Waals surface area contributed by atoms with E-state index < -0.39 is 0 Å². The Bertz CT molecular complexity index is 179. The lowest BCUT2D eigenvalue weighted by Gasteiger charge is -2.01. The number of nitrogens with one attached hydrogen (secondary N) is 1. The zero-order valence-electron chi connectivity index (χ0n) is 7.58. The summed E-state index contributed by atoms with van der Waals surface area (Å²) < 4.78 is 0. The predicted octanol–water partition coefficient (Wildman–Crippen LogP) is 0.0983. The number of hydrogen-bond donors (Lipinski definition) is 2. The van der Waals surface area contributed by atoms with Gasteiger partial charge in [-0.2, -0.15) is 17.0 Å². The van der Waals surface area contributed by atoms with Crippen LogP contribution in [0.15, 0.2) is 0 Å². The smallest absolute Gasteiger partial charge is 0.230 e. The fourth-order valence-corrected chi connectivity index (χ4v) is 1.46. The summed E-state index contributed by atoms with van der Waals surface area (Å²) in [7, 11) is 0. The van der Waals surface area contributed by atoms with Gasteiger partial charge in [0, 0.05) is 6.54 Å². The molecule has 0 aromatic carbocycles. The maximum Gasteiger partial charge on any atom is 0.230 e. The lowest BCUT2D eigenvalue weighted by molar-refractivity contribution is -0.118. The van der Waals surface area contributed by atoms with E-state index in [2.05, 4.69) is 5.32 Å². The van der Waals surface area contributed by atoms with Crippen molar-refractivity contribution in [2.75, 3.05) is 24.6 Å². The van der Waals surface area contributed by atoms with Crippen molar-refractivity contribution in [3.63, 3.8) is 0 Å². The highest BCUT2D eigenvalue weighted by molar-refractivity contribution is 7.99. The molecule has 0 aliphatic heterocycles. The standard InChI is InChI=1S/C8H15N3OS/c9-3-1-5-11-8(12)7-13-6-2-4-10/h1-2,4-7,10H2,(H,11,12). The van der Waals surface area contributed by atoms with E-state index in [9.17, 15) is 4.79 Å². The van der Waals surface area contributed by atoms with Crippen LogP contribution in [0.1, 0.15) is 12.8 Å². The zero-order valence-corrected chi connectivity index (χ0v) is 8.40. The van der Waals surface area contributed by atoms with E-state index in [1.165, 1.54) is 0 Å². The molecule has 0 atom stereocenters. The number of hydrogen-bond acceptors (Lipinski definition) is 4. The number of carbonyl (C=O) groups excluding carboxylic acids is 1. The third-order valence-corrected chi connectivity index (χ3v) is 2.33. The first kappa shape index (κ1) is 12.3. The minimum absolute atomic E-state index is 0.00253. The summed E-state index contributed by atoms with van der Waals surface area (Å²) >= 11 is 1.57. The molecule has 0 aromatic heterocycles. The van der Waals surface area contributed by atoms with Crippen LogP contribution in [0.3, 0.4) is 0 Å². The molecule has 0 aromatic rings. The first-order chi connectivity index (χ1) is 6.31. The van der Waals surface area contributed by atoms with Crippen molar-refractivity contribution in [2.24, 2.45) is 5.73 Å². The highest BCUT2D eigenvalue weighted by atomic mass is 32.2. The molecule has 0 fully saturated rings. The number of thioether (sulfide) groups is 1. The van der Waals surface area contributed by atoms with Gasteiger partial charge in [-0.1, -0.05) is 0 Å². The molecule has 0 rings (SSSR count). The maximum absolute atomic E-state index is 11.0. The first-order valence-electron chi connectivity index (χ1n) is 4.22. The summed E-state index contributed by atoms with van der Waals surface area (Å²) in [5.41, 5.74) is 5.29. The highest BCUT2D eigenvalue weighted by Gasteiger charge is 1.99. The van der Waals surface area contributed by atoms with Crippen LogP contribution in [0.4, 0.5) is 0 Å². The predicted molar refractivity (Wildman–Crippen MR) is 54.2 cm³/mol. The molecule has 0 radical (unpaired) electrons. The normalized spacial score (nSPS) is 9.23. The van der Waals surface area contributed by atoms with Crippen LogP contribution in [0, 0.1) is 11.3 Å². The molecule has 0 bridgehead atoms.